The maximum Gasteiger partial charge on any atom is 0.343 e. The first kappa shape index (κ1) is 83.0. The highest BCUT2D eigenvalue weighted by molar-refractivity contribution is 7.59. The van der Waals surface area contributed by atoms with Gasteiger partial charge in [0, 0.05) is 71.7 Å². The van der Waals surface area contributed by atoms with Crippen molar-refractivity contribution in [1.29, 1.82) is 21.6 Å². The van der Waals surface area contributed by atoms with Crippen LogP contribution in [-0.2, 0) is 19.1 Å². The smallest absolute Gasteiger partial charge is 0.343 e. The number of nitrogens with one attached hydrogen (secondary N) is 4. The van der Waals surface area contributed by atoms with Gasteiger partial charge in [-0.3, -0.25) is 10.8 Å². The SMILES string of the molecule is C=CC(=O)OCCCOc1ccc(C(=O)Oc2ccc3c(Cl)c(C4CCC(CCCCC(C)C)CC4)ccc3c2C=N)cc1.C=CC(=O)OCCCOc1ccc(C(=O)Oc2ccc3cc(C4CCC(CCC)CC4)ccc3c2Cl)cc1C=N.N=C1C=Cc2sc(N)nc2C1=N.Nc1nc2nccnc2s1.S. The second-order valence-corrected chi connectivity index (χ2v) is 29.2. The molecule has 6 aromatic carbocycles. The molecule has 0 unspecified atom stereocenters. The van der Waals surface area contributed by atoms with Crippen molar-refractivity contribution in [3.05, 3.63) is 195 Å². The molecule has 3 aliphatic carbocycles. The van der Waals surface area contributed by atoms with E-state index in [1.165, 1.54) is 117 Å². The van der Waals surface area contributed by atoms with E-state index in [1.807, 2.05) is 24.3 Å². The Kier molecular flexibility index (Phi) is 32.2. The zero-order valence-electron chi connectivity index (χ0n) is 60.4. The van der Waals surface area contributed by atoms with Crippen LogP contribution in [0.25, 0.3) is 38.1 Å². The summed E-state index contributed by atoms with van der Waals surface area (Å²) in [6.45, 7) is 14.6. The van der Waals surface area contributed by atoms with E-state index in [2.05, 4.69) is 72.1 Å². The van der Waals surface area contributed by atoms with Gasteiger partial charge >= 0.3 is 23.9 Å². The Labute approximate surface area is 649 Å². The number of carbonyl (C=O) groups excluding carboxylic acids is 4. The van der Waals surface area contributed by atoms with Crippen LogP contribution in [0.1, 0.15) is 189 Å². The molecular formula is C82H92Cl2N10O10S3. The molecule has 2 fully saturated rings. The number of halogens is 2. The number of anilines is 2. The molecule has 9 aromatic rings. The molecule has 20 nitrogen and oxygen atoms in total. The normalized spacial score (nSPS) is 15.7. The molecule has 107 heavy (non-hydrogen) atoms. The number of carbonyl (C=O) groups is 4. The zero-order valence-corrected chi connectivity index (χ0v) is 64.5. The summed E-state index contributed by atoms with van der Waals surface area (Å²) in [4.78, 5) is 65.6. The first-order chi connectivity index (χ1) is 51.3. The van der Waals surface area contributed by atoms with E-state index in [9.17, 15) is 19.2 Å². The average Bonchev–Trinajstić information content (AvgIpc) is 1.32. The van der Waals surface area contributed by atoms with Gasteiger partial charge < -0.3 is 50.7 Å². The largest absolute Gasteiger partial charge is 0.493 e. The average molecular weight is 1540 g/mol. The quantitative estimate of drug-likeness (QED) is 0.00916. The molecule has 0 aliphatic heterocycles. The predicted octanol–water partition coefficient (Wildman–Crippen LogP) is 19.9. The fourth-order valence-electron chi connectivity index (χ4n) is 13.1. The number of rotatable bonds is 27. The standard InChI is InChI=1S/C37H44ClNO5.C33H36ClNO5.C7H6N4S.C5H4N4S.H2S/c1-4-35(40)43-23-7-22-42-29-16-14-28(15-17-29)37(41)44-34-21-20-32-31(33(34)24-39)19-18-30(36(32)38)27-12-10-26(11-13-27)9-6-5-8-25(2)3;1-3-6-22-7-9-23(10-8-22)24-11-14-28-25(19-24)12-16-30(32(28)34)40-33(37)26-13-15-29(27(20-26)21-35)38-17-5-18-39-31(36)4-2;8-3-1-2-4-6(5(3)9)11-7(10)12-4;6-5-9-3-4(10-5)8-2-1-7-3;/h4,14-21,24-27,39H,1,5-13,22-23H2,2-3H3;4,11-16,19-23,35H,2-3,5-10,17-18H2,1H3;1-2,8-9H,(H2,10,11);1-2H,(H2,6,7,9);1H2. The monoisotopic (exact) mass is 1540 g/mol. The van der Waals surface area contributed by atoms with Crippen LogP contribution in [0.15, 0.2) is 141 Å². The molecule has 2 saturated carbocycles. The number of esters is 4. The topological polar surface area (TPSA) is 323 Å². The molecular weight excluding hydrogens is 1450 g/mol. The van der Waals surface area contributed by atoms with Crippen LogP contribution >= 0.6 is 59.4 Å². The Morgan fingerprint density at radius 3 is 1.89 bits per heavy atom. The summed E-state index contributed by atoms with van der Waals surface area (Å²) in [6.07, 6.45) is 29.9. The van der Waals surface area contributed by atoms with Gasteiger partial charge in [-0.05, 0) is 176 Å². The highest BCUT2D eigenvalue weighted by Gasteiger charge is 2.27. The number of benzene rings is 6. The summed E-state index contributed by atoms with van der Waals surface area (Å²) in [7, 11) is 0. The van der Waals surface area contributed by atoms with Crippen LogP contribution < -0.4 is 30.4 Å². The highest BCUT2D eigenvalue weighted by atomic mass is 35.5. The molecule has 3 aliphatic rings. The second kappa shape index (κ2) is 41.5. The lowest BCUT2D eigenvalue weighted by atomic mass is 9.76. The van der Waals surface area contributed by atoms with Crippen LogP contribution in [0.2, 0.25) is 10.0 Å². The van der Waals surface area contributed by atoms with Crippen molar-refractivity contribution in [1.82, 2.24) is 19.9 Å². The van der Waals surface area contributed by atoms with Crippen LogP contribution in [0, 0.1) is 39.4 Å². The van der Waals surface area contributed by atoms with Crippen molar-refractivity contribution >= 4 is 155 Å². The second-order valence-electron chi connectivity index (χ2n) is 26.4. The van der Waals surface area contributed by atoms with E-state index in [0.29, 0.717) is 91.9 Å². The molecule has 562 valence electrons. The number of unbranched alkanes of at least 4 members (excludes halogenated alkanes) is 1. The number of allylic oxidation sites excluding steroid dienone is 1. The Balaban J connectivity index is 0.000000207. The van der Waals surface area contributed by atoms with Gasteiger partial charge in [-0.2, -0.15) is 18.5 Å². The minimum Gasteiger partial charge on any atom is -0.493 e. The zero-order chi connectivity index (χ0) is 75.7. The third-order valence-corrected chi connectivity index (χ3v) is 21.1. The first-order valence-electron chi connectivity index (χ1n) is 35.7. The molecule has 0 amide bonds. The summed E-state index contributed by atoms with van der Waals surface area (Å²) < 4.78 is 32.6. The first-order valence-corrected chi connectivity index (χ1v) is 38.1. The minimum atomic E-state index is -0.576. The number of nitrogens with zero attached hydrogens (tertiary/aromatic N) is 4. The van der Waals surface area contributed by atoms with Crippen molar-refractivity contribution in [2.24, 2.45) is 17.8 Å². The summed E-state index contributed by atoms with van der Waals surface area (Å²) in [5.74, 6) is 3.09. The van der Waals surface area contributed by atoms with Crippen molar-refractivity contribution in [3.8, 4) is 23.0 Å². The Morgan fingerprint density at radius 2 is 1.22 bits per heavy atom. The molecule has 0 spiro atoms. The Morgan fingerprint density at radius 1 is 0.617 bits per heavy atom. The van der Waals surface area contributed by atoms with Crippen LogP contribution in [0.4, 0.5) is 10.3 Å². The summed E-state index contributed by atoms with van der Waals surface area (Å²) in [6, 6.07) is 29.2. The lowest BCUT2D eigenvalue weighted by molar-refractivity contribution is -0.138. The number of ether oxygens (including phenoxy) is 6. The van der Waals surface area contributed by atoms with E-state index in [-0.39, 0.29) is 56.1 Å². The van der Waals surface area contributed by atoms with Gasteiger partial charge in [-0.15, -0.1) is 0 Å². The van der Waals surface area contributed by atoms with Gasteiger partial charge in [0.15, 0.2) is 20.7 Å². The van der Waals surface area contributed by atoms with Crippen LogP contribution in [-0.4, -0.2) is 94.1 Å². The van der Waals surface area contributed by atoms with Gasteiger partial charge in [0.2, 0.25) is 0 Å². The van der Waals surface area contributed by atoms with Crippen molar-refractivity contribution in [2.45, 2.75) is 135 Å². The molecule has 8 N–H and O–H groups in total. The van der Waals surface area contributed by atoms with Gasteiger partial charge in [0.05, 0.1) is 58.2 Å². The number of aromatic nitrogens is 4. The van der Waals surface area contributed by atoms with Crippen molar-refractivity contribution in [2.75, 3.05) is 37.9 Å². The number of nitrogens with two attached hydrogens (primary N) is 2. The third-order valence-electron chi connectivity index (χ3n) is 18.7. The molecule has 3 aromatic heterocycles. The highest BCUT2D eigenvalue weighted by Crippen LogP contribution is 2.45. The summed E-state index contributed by atoms with van der Waals surface area (Å²) in [5, 5.41) is 36.3. The Hall–Kier alpha value is -9.65. The summed E-state index contributed by atoms with van der Waals surface area (Å²) >= 11 is 16.4. The molecule has 12 rings (SSSR count). The van der Waals surface area contributed by atoms with E-state index in [0.717, 1.165) is 85.2 Å². The van der Waals surface area contributed by atoms with Crippen LogP contribution in [0.3, 0.4) is 0 Å². The fourth-order valence-corrected chi connectivity index (χ4v) is 15.1. The van der Waals surface area contributed by atoms with Crippen molar-refractivity contribution in [3.63, 3.8) is 0 Å². The van der Waals surface area contributed by atoms with Crippen LogP contribution in [0.5, 0.6) is 23.0 Å². The van der Waals surface area contributed by atoms with Gasteiger partial charge in [-0.1, -0.05) is 155 Å². The molecule has 25 heteroatoms. The van der Waals surface area contributed by atoms with Gasteiger partial charge in [0.25, 0.3) is 0 Å². The molecule has 3 heterocycles. The maximum atomic E-state index is 13.0. The fraction of sp³-hybridized carbons (Fsp3) is 0.341. The van der Waals surface area contributed by atoms with E-state index >= 15 is 0 Å². The number of nitrogen functional groups attached to an aromatic ring is 2. The van der Waals surface area contributed by atoms with Crippen molar-refractivity contribution < 1.29 is 47.6 Å². The molecule has 0 atom stereocenters. The van der Waals surface area contributed by atoms with E-state index < -0.39 is 23.9 Å². The molecule has 0 radical (unpaired) electrons. The lowest BCUT2D eigenvalue weighted by Crippen LogP contribution is -2.15. The Bertz CT molecular complexity index is 4630. The summed E-state index contributed by atoms with van der Waals surface area (Å²) in [5.41, 5.74) is 16.5. The minimum absolute atomic E-state index is 0. The van der Waals surface area contributed by atoms with Gasteiger partial charge in [0.1, 0.15) is 34.4 Å². The molecule has 0 saturated heterocycles. The van der Waals surface area contributed by atoms with E-state index in [4.69, 9.17) is 84.7 Å². The molecule has 0 bridgehead atoms. The lowest BCUT2D eigenvalue weighted by Gasteiger charge is -2.30. The maximum absolute atomic E-state index is 13.0. The predicted molar refractivity (Wildman–Crippen MR) is 437 cm³/mol. The number of hydrogen-bond acceptors (Lipinski definition) is 22. The number of thiazole rings is 2. The third kappa shape index (κ3) is 23.4. The van der Waals surface area contributed by atoms with E-state index in [1.54, 1.807) is 79.1 Å². The number of fused-ring (bicyclic) bond motifs is 4. The van der Waals surface area contributed by atoms with Gasteiger partial charge in [-0.25, -0.2) is 34.1 Å². The number of hydrogen-bond donors (Lipinski definition) is 6.